The minimum atomic E-state index is 0.225. The molecule has 0 aliphatic carbocycles. The lowest BCUT2D eigenvalue weighted by Crippen LogP contribution is -2.63. The van der Waals surface area contributed by atoms with Gasteiger partial charge in [-0.3, -0.25) is 14.7 Å². The highest BCUT2D eigenvalue weighted by Crippen LogP contribution is 2.57. The van der Waals surface area contributed by atoms with Gasteiger partial charge in [0.15, 0.2) is 0 Å². The third kappa shape index (κ3) is 9.41. The van der Waals surface area contributed by atoms with Gasteiger partial charge in [-0.1, -0.05) is 58.8 Å². The molecule has 3 rings (SSSR count). The molecular weight excluding hydrogens is 571 g/mol. The first kappa shape index (κ1) is 41.3. The Morgan fingerprint density at radius 2 is 0.681 bits per heavy atom. The SMILES string of the molecule is CCCCCCCC(C1CC(C)(C)N(C)C(C)(C)C1)C(C1CC(C)(C)N(C)C(C)(C)C1)C(CCCC)C1CC(C)(C)N(C)C(C)(C)C1. The van der Waals surface area contributed by atoms with Crippen LogP contribution in [0, 0.1) is 35.5 Å². The van der Waals surface area contributed by atoms with Crippen molar-refractivity contribution in [3.8, 4) is 0 Å². The first-order valence-corrected chi connectivity index (χ1v) is 20.7. The molecule has 3 unspecified atom stereocenters. The third-order valence-electron chi connectivity index (χ3n) is 15.3. The van der Waals surface area contributed by atoms with Gasteiger partial charge in [0.25, 0.3) is 0 Å². The zero-order valence-corrected chi connectivity index (χ0v) is 35.4. The van der Waals surface area contributed by atoms with Crippen LogP contribution < -0.4 is 0 Å². The molecule has 0 aromatic carbocycles. The van der Waals surface area contributed by atoms with E-state index in [0.717, 1.165) is 35.5 Å². The predicted molar refractivity (Wildman–Crippen MR) is 209 cm³/mol. The Labute approximate surface area is 297 Å². The molecule has 47 heavy (non-hydrogen) atoms. The van der Waals surface area contributed by atoms with Crippen LogP contribution in [-0.2, 0) is 0 Å². The fourth-order valence-electron chi connectivity index (χ4n) is 12.1. The Kier molecular flexibility index (Phi) is 13.4. The molecule has 0 amide bonds. The summed E-state index contributed by atoms with van der Waals surface area (Å²) >= 11 is 0. The van der Waals surface area contributed by atoms with Gasteiger partial charge >= 0.3 is 0 Å². The largest absolute Gasteiger partial charge is 0.296 e. The molecule has 0 spiro atoms. The van der Waals surface area contributed by atoms with E-state index in [1.54, 1.807) is 0 Å². The monoisotopic (exact) mass is 658 g/mol. The second-order valence-electron chi connectivity index (χ2n) is 21.3. The van der Waals surface area contributed by atoms with E-state index in [1.165, 1.54) is 96.3 Å². The van der Waals surface area contributed by atoms with Gasteiger partial charge in [-0.15, -0.1) is 0 Å². The van der Waals surface area contributed by atoms with Crippen LogP contribution >= 0.6 is 0 Å². The van der Waals surface area contributed by atoms with Crippen LogP contribution in [0.15, 0.2) is 0 Å². The Morgan fingerprint density at radius 3 is 1.00 bits per heavy atom. The molecule has 3 aliphatic rings. The lowest BCUT2D eigenvalue weighted by Gasteiger charge is -2.61. The summed E-state index contributed by atoms with van der Waals surface area (Å²) in [6.45, 7) is 35.6. The second-order valence-corrected chi connectivity index (χ2v) is 21.3. The van der Waals surface area contributed by atoms with Crippen LogP contribution in [0.1, 0.15) is 193 Å². The van der Waals surface area contributed by atoms with Crippen molar-refractivity contribution < 1.29 is 0 Å². The van der Waals surface area contributed by atoms with Gasteiger partial charge < -0.3 is 0 Å². The lowest BCUT2D eigenvalue weighted by molar-refractivity contribution is -0.112. The van der Waals surface area contributed by atoms with Crippen LogP contribution in [0.25, 0.3) is 0 Å². The molecule has 0 bridgehead atoms. The molecule has 3 fully saturated rings. The maximum Gasteiger partial charge on any atom is 0.0158 e. The first-order valence-electron chi connectivity index (χ1n) is 20.7. The van der Waals surface area contributed by atoms with E-state index >= 15 is 0 Å². The van der Waals surface area contributed by atoms with E-state index in [4.69, 9.17) is 0 Å². The van der Waals surface area contributed by atoms with Crippen molar-refractivity contribution in [3.63, 3.8) is 0 Å². The maximum atomic E-state index is 2.75. The number of hydrogen-bond donors (Lipinski definition) is 0. The van der Waals surface area contributed by atoms with E-state index < -0.39 is 0 Å². The smallest absolute Gasteiger partial charge is 0.0158 e. The molecule has 3 nitrogen and oxygen atoms in total. The van der Waals surface area contributed by atoms with Gasteiger partial charge in [0, 0.05) is 33.2 Å². The molecule has 3 heterocycles. The van der Waals surface area contributed by atoms with Crippen LogP contribution in [-0.4, -0.2) is 69.1 Å². The van der Waals surface area contributed by atoms with Gasteiger partial charge in [-0.25, -0.2) is 0 Å². The predicted octanol–water partition coefficient (Wildman–Crippen LogP) is 12.1. The summed E-state index contributed by atoms with van der Waals surface area (Å²) in [5.74, 6) is 4.82. The minimum Gasteiger partial charge on any atom is -0.296 e. The number of nitrogens with zero attached hydrogens (tertiary/aromatic N) is 3. The third-order valence-corrected chi connectivity index (χ3v) is 15.3. The van der Waals surface area contributed by atoms with Gasteiger partial charge in [0.1, 0.15) is 0 Å². The summed E-state index contributed by atoms with van der Waals surface area (Å²) in [4.78, 5) is 8.22. The van der Waals surface area contributed by atoms with Crippen LogP contribution in [0.5, 0.6) is 0 Å². The van der Waals surface area contributed by atoms with Crippen molar-refractivity contribution in [2.75, 3.05) is 21.1 Å². The number of piperidine rings is 3. The van der Waals surface area contributed by atoms with E-state index in [0.29, 0.717) is 0 Å². The molecule has 278 valence electrons. The molecule has 0 radical (unpaired) electrons. The fraction of sp³-hybridized carbons (Fsp3) is 1.00. The van der Waals surface area contributed by atoms with Crippen LogP contribution in [0.4, 0.5) is 0 Å². The molecule has 3 aliphatic heterocycles. The maximum absolute atomic E-state index is 2.75. The van der Waals surface area contributed by atoms with Crippen molar-refractivity contribution in [2.24, 2.45) is 35.5 Å². The van der Waals surface area contributed by atoms with Gasteiger partial charge in [-0.05, 0) is 191 Å². The van der Waals surface area contributed by atoms with Gasteiger partial charge in [-0.2, -0.15) is 0 Å². The number of rotatable bonds is 14. The quantitative estimate of drug-likeness (QED) is 0.172. The number of unbranched alkanes of at least 4 members (excludes halogenated alkanes) is 5. The van der Waals surface area contributed by atoms with Crippen molar-refractivity contribution in [1.82, 2.24) is 14.7 Å². The highest BCUT2D eigenvalue weighted by atomic mass is 15.2. The minimum absolute atomic E-state index is 0.225. The molecule has 3 atom stereocenters. The number of likely N-dealkylation sites (tertiary alicyclic amines) is 3. The van der Waals surface area contributed by atoms with Crippen molar-refractivity contribution in [2.45, 2.75) is 226 Å². The van der Waals surface area contributed by atoms with E-state index in [2.05, 4.69) is 133 Å². The van der Waals surface area contributed by atoms with E-state index in [9.17, 15) is 0 Å². The summed E-state index contributed by atoms with van der Waals surface area (Å²) in [6, 6.07) is 0. The van der Waals surface area contributed by atoms with Gasteiger partial charge in [0.05, 0.1) is 0 Å². The molecule has 3 heteroatoms. The standard InChI is InChI=1S/C44H87N3/c1-18-20-22-23-24-26-37(34-29-41(7,8)46(16)42(9,10)30-34)38(35-31-43(11,12)47(17)44(13,14)32-35)36(25-21-19-2)33-27-39(3,4)45(15)40(5,6)28-33/h33-38H,18-32H2,1-17H3. The highest BCUT2D eigenvalue weighted by Gasteiger charge is 2.54. The molecule has 0 saturated carbocycles. The Bertz CT molecular complexity index is 919. The molecule has 0 aromatic heterocycles. The first-order chi connectivity index (χ1) is 21.4. The Morgan fingerprint density at radius 1 is 0.404 bits per heavy atom. The topological polar surface area (TPSA) is 9.72 Å². The summed E-state index contributed by atoms with van der Waals surface area (Å²) in [5.41, 5.74) is 1.39. The average Bonchev–Trinajstić information content (AvgIpc) is 2.92. The van der Waals surface area contributed by atoms with Gasteiger partial charge in [0.2, 0.25) is 0 Å². The zero-order chi connectivity index (χ0) is 35.8. The molecule has 0 N–H and O–H groups in total. The lowest BCUT2D eigenvalue weighted by atomic mass is 9.53. The Balaban J connectivity index is 2.23. The van der Waals surface area contributed by atoms with Crippen LogP contribution in [0.3, 0.4) is 0 Å². The molecule has 3 saturated heterocycles. The highest BCUT2D eigenvalue weighted by molar-refractivity contribution is 5.08. The fourth-order valence-corrected chi connectivity index (χ4v) is 12.1. The summed E-state index contributed by atoms with van der Waals surface area (Å²) in [7, 11) is 7.26. The number of hydrogen-bond acceptors (Lipinski definition) is 3. The second kappa shape index (κ2) is 15.2. The summed E-state index contributed by atoms with van der Waals surface area (Å²) < 4.78 is 0. The Hall–Kier alpha value is -0.120. The zero-order valence-electron chi connectivity index (χ0n) is 35.4. The average molecular weight is 658 g/mol. The summed E-state index contributed by atoms with van der Waals surface area (Å²) in [5, 5.41) is 0. The normalized spacial score (nSPS) is 29.0. The van der Waals surface area contributed by atoms with Crippen molar-refractivity contribution in [3.05, 3.63) is 0 Å². The van der Waals surface area contributed by atoms with Crippen molar-refractivity contribution in [1.29, 1.82) is 0 Å². The molecule has 0 aromatic rings. The van der Waals surface area contributed by atoms with E-state index in [1.807, 2.05) is 0 Å². The summed E-state index contributed by atoms with van der Waals surface area (Å²) in [6.07, 6.45) is 20.7. The molecular formula is C44H87N3. The van der Waals surface area contributed by atoms with E-state index in [-0.39, 0.29) is 33.2 Å². The van der Waals surface area contributed by atoms with Crippen molar-refractivity contribution >= 4 is 0 Å². The van der Waals surface area contributed by atoms with Crippen LogP contribution in [0.2, 0.25) is 0 Å².